The van der Waals surface area contributed by atoms with Gasteiger partial charge < -0.3 is 5.32 Å². The van der Waals surface area contributed by atoms with E-state index in [4.69, 9.17) is 5.26 Å². The second kappa shape index (κ2) is 7.83. The highest BCUT2D eigenvalue weighted by Gasteiger charge is 2.34. The van der Waals surface area contributed by atoms with E-state index in [0.717, 1.165) is 11.1 Å². The van der Waals surface area contributed by atoms with Gasteiger partial charge in [0.1, 0.15) is 0 Å². The molecule has 0 fully saturated rings. The molecular formula is C21H19N3O3. The molecule has 1 heterocycles. The molecule has 6 nitrogen and oxygen atoms in total. The van der Waals surface area contributed by atoms with Crippen LogP contribution >= 0.6 is 0 Å². The zero-order valence-electron chi connectivity index (χ0n) is 15.0. The molecule has 0 radical (unpaired) electrons. The van der Waals surface area contributed by atoms with Crippen molar-refractivity contribution in [3.8, 4) is 6.07 Å². The van der Waals surface area contributed by atoms with E-state index in [2.05, 4.69) is 5.32 Å². The molecule has 2 aromatic carbocycles. The molecule has 0 bridgehead atoms. The molecule has 1 aliphatic heterocycles. The summed E-state index contributed by atoms with van der Waals surface area (Å²) in [7, 11) is 0. The first-order chi connectivity index (χ1) is 13.0. The van der Waals surface area contributed by atoms with Crippen molar-refractivity contribution >= 4 is 17.7 Å². The van der Waals surface area contributed by atoms with Gasteiger partial charge in [-0.2, -0.15) is 5.26 Å². The number of carbonyl (C=O) groups excluding carboxylic acids is 3. The number of amides is 3. The van der Waals surface area contributed by atoms with Crippen molar-refractivity contribution in [3.05, 3.63) is 70.3 Å². The molecular weight excluding hydrogens is 342 g/mol. The van der Waals surface area contributed by atoms with Crippen LogP contribution < -0.4 is 5.32 Å². The van der Waals surface area contributed by atoms with Crippen LogP contribution in [0.3, 0.4) is 0 Å². The van der Waals surface area contributed by atoms with Gasteiger partial charge in [0.05, 0.1) is 22.8 Å². The lowest BCUT2D eigenvalue weighted by atomic mass is 10.1. The fraction of sp³-hybridized carbons (Fsp3) is 0.238. The van der Waals surface area contributed by atoms with Crippen molar-refractivity contribution in [2.45, 2.75) is 26.3 Å². The molecule has 0 spiro atoms. The van der Waals surface area contributed by atoms with E-state index in [9.17, 15) is 14.4 Å². The zero-order valence-corrected chi connectivity index (χ0v) is 15.0. The summed E-state index contributed by atoms with van der Waals surface area (Å²) >= 11 is 0. The van der Waals surface area contributed by atoms with Gasteiger partial charge >= 0.3 is 0 Å². The van der Waals surface area contributed by atoms with E-state index < -0.39 is 0 Å². The molecule has 3 amide bonds. The third kappa shape index (κ3) is 4.04. The average Bonchev–Trinajstić information content (AvgIpc) is 2.91. The van der Waals surface area contributed by atoms with E-state index in [1.807, 2.05) is 19.1 Å². The van der Waals surface area contributed by atoms with E-state index in [-0.39, 0.29) is 30.7 Å². The highest BCUT2D eigenvalue weighted by atomic mass is 16.2. The van der Waals surface area contributed by atoms with Gasteiger partial charge in [0.15, 0.2) is 0 Å². The van der Waals surface area contributed by atoms with Gasteiger partial charge in [-0.15, -0.1) is 0 Å². The number of benzene rings is 2. The van der Waals surface area contributed by atoms with Crippen molar-refractivity contribution in [2.75, 3.05) is 6.54 Å². The van der Waals surface area contributed by atoms with Crippen LogP contribution in [-0.4, -0.2) is 29.2 Å². The molecule has 0 unspecified atom stereocenters. The Balaban J connectivity index is 1.47. The monoisotopic (exact) mass is 361 g/mol. The lowest BCUT2D eigenvalue weighted by molar-refractivity contribution is -0.121. The van der Waals surface area contributed by atoms with Crippen molar-refractivity contribution in [1.29, 1.82) is 5.26 Å². The van der Waals surface area contributed by atoms with Crippen LogP contribution in [0.25, 0.3) is 0 Å². The molecule has 136 valence electrons. The van der Waals surface area contributed by atoms with Crippen LogP contribution in [0.1, 0.15) is 50.2 Å². The third-order valence-electron chi connectivity index (χ3n) is 4.48. The summed E-state index contributed by atoms with van der Waals surface area (Å²) in [5, 5.41) is 11.6. The number of fused-ring (bicyclic) bond motifs is 1. The Morgan fingerprint density at radius 3 is 2.48 bits per heavy atom. The van der Waals surface area contributed by atoms with Gasteiger partial charge in [0.25, 0.3) is 11.8 Å². The van der Waals surface area contributed by atoms with Gasteiger partial charge in [-0.25, -0.2) is 0 Å². The zero-order chi connectivity index (χ0) is 19.4. The predicted octanol–water partition coefficient (Wildman–Crippen LogP) is 2.56. The summed E-state index contributed by atoms with van der Waals surface area (Å²) < 4.78 is 0. The molecule has 0 saturated heterocycles. The lowest BCUT2D eigenvalue weighted by Crippen LogP contribution is -2.32. The lowest BCUT2D eigenvalue weighted by Gasteiger charge is -2.13. The average molecular weight is 361 g/mol. The number of nitrogens with one attached hydrogen (secondary N) is 1. The van der Waals surface area contributed by atoms with Crippen LogP contribution in [0.2, 0.25) is 0 Å². The molecule has 1 N–H and O–H groups in total. The van der Waals surface area contributed by atoms with Crippen molar-refractivity contribution < 1.29 is 14.4 Å². The molecule has 0 atom stereocenters. The number of imide groups is 1. The number of nitrogens with zero attached hydrogens (tertiary/aromatic N) is 2. The van der Waals surface area contributed by atoms with Crippen LogP contribution in [0, 0.1) is 18.3 Å². The molecule has 3 rings (SSSR count). The Morgan fingerprint density at radius 2 is 1.78 bits per heavy atom. The van der Waals surface area contributed by atoms with E-state index in [0.29, 0.717) is 29.7 Å². The van der Waals surface area contributed by atoms with E-state index >= 15 is 0 Å². The Hall–Kier alpha value is -3.46. The Kier molecular flexibility index (Phi) is 5.32. The summed E-state index contributed by atoms with van der Waals surface area (Å²) in [6.45, 7) is 2.46. The van der Waals surface area contributed by atoms with Crippen LogP contribution in [0.4, 0.5) is 0 Å². The first-order valence-electron chi connectivity index (χ1n) is 8.72. The number of nitriles is 1. The molecule has 1 aliphatic rings. The predicted molar refractivity (Wildman–Crippen MR) is 98.8 cm³/mol. The van der Waals surface area contributed by atoms with Crippen molar-refractivity contribution in [1.82, 2.24) is 10.2 Å². The largest absolute Gasteiger partial charge is 0.352 e. The molecule has 0 saturated carbocycles. The minimum atomic E-state index is -0.298. The van der Waals surface area contributed by atoms with Crippen molar-refractivity contribution in [3.63, 3.8) is 0 Å². The highest BCUT2D eigenvalue weighted by molar-refractivity contribution is 6.21. The number of hydrogen-bond acceptors (Lipinski definition) is 4. The van der Waals surface area contributed by atoms with E-state index in [1.165, 1.54) is 4.90 Å². The quantitative estimate of drug-likeness (QED) is 0.801. The standard InChI is InChI=1S/C21H19N3O3/c1-14-4-9-17-18(11-14)21(27)24(20(17)26)10-2-3-19(25)23-13-16-7-5-15(12-22)6-8-16/h4-9,11H,2-3,10,13H2,1H3,(H,23,25). The number of hydrogen-bond donors (Lipinski definition) is 1. The summed E-state index contributed by atoms with van der Waals surface area (Å²) in [5.74, 6) is -0.739. The summed E-state index contributed by atoms with van der Waals surface area (Å²) in [4.78, 5) is 37.9. The van der Waals surface area contributed by atoms with Crippen LogP contribution in [0.5, 0.6) is 0 Å². The van der Waals surface area contributed by atoms with Gasteiger partial charge in [0.2, 0.25) is 5.91 Å². The normalized spacial score (nSPS) is 12.7. The maximum atomic E-state index is 12.4. The topological polar surface area (TPSA) is 90.3 Å². The van der Waals surface area contributed by atoms with Gasteiger partial charge in [-0.05, 0) is 43.2 Å². The van der Waals surface area contributed by atoms with Crippen molar-refractivity contribution in [2.24, 2.45) is 0 Å². The first-order valence-corrected chi connectivity index (χ1v) is 8.72. The fourth-order valence-corrected chi connectivity index (χ4v) is 2.99. The summed E-state index contributed by atoms with van der Waals surface area (Å²) in [5.41, 5.74) is 3.26. The van der Waals surface area contributed by atoms with Gasteiger partial charge in [0, 0.05) is 19.5 Å². The summed E-state index contributed by atoms with van der Waals surface area (Å²) in [6.07, 6.45) is 0.631. The maximum absolute atomic E-state index is 12.4. The molecule has 27 heavy (non-hydrogen) atoms. The van der Waals surface area contributed by atoms with Gasteiger partial charge in [-0.1, -0.05) is 23.8 Å². The molecule has 2 aromatic rings. The third-order valence-corrected chi connectivity index (χ3v) is 4.48. The molecule has 6 heteroatoms. The minimum absolute atomic E-state index is 0.146. The number of aryl methyl sites for hydroxylation is 1. The maximum Gasteiger partial charge on any atom is 0.261 e. The SMILES string of the molecule is Cc1ccc2c(c1)C(=O)N(CCCC(=O)NCc1ccc(C#N)cc1)C2=O. The Morgan fingerprint density at radius 1 is 1.07 bits per heavy atom. The smallest absolute Gasteiger partial charge is 0.261 e. The fourth-order valence-electron chi connectivity index (χ4n) is 2.99. The highest BCUT2D eigenvalue weighted by Crippen LogP contribution is 2.24. The molecule has 0 aromatic heterocycles. The summed E-state index contributed by atoms with van der Waals surface area (Å²) in [6, 6.07) is 14.2. The number of rotatable bonds is 6. The van der Waals surface area contributed by atoms with Crippen LogP contribution in [0.15, 0.2) is 42.5 Å². The number of carbonyl (C=O) groups is 3. The van der Waals surface area contributed by atoms with E-state index in [1.54, 1.807) is 36.4 Å². The Labute approximate surface area is 157 Å². The van der Waals surface area contributed by atoms with Gasteiger partial charge in [-0.3, -0.25) is 19.3 Å². The van der Waals surface area contributed by atoms with Crippen LogP contribution in [-0.2, 0) is 11.3 Å². The Bertz CT molecular complexity index is 942. The first kappa shape index (κ1) is 18.3. The second-order valence-electron chi connectivity index (χ2n) is 6.50. The minimum Gasteiger partial charge on any atom is -0.352 e. The second-order valence-corrected chi connectivity index (χ2v) is 6.50. The molecule has 0 aliphatic carbocycles.